The Balaban J connectivity index is 2.22. The SMILES string of the molecule is NCc1cn(CC(=O)NCCNC(N)=O)nn1. The minimum absolute atomic E-state index is 0.0591. The van der Waals surface area contributed by atoms with Gasteiger partial charge in [-0.05, 0) is 0 Å². The van der Waals surface area contributed by atoms with Crippen LogP contribution >= 0.6 is 0 Å². The molecule has 0 aliphatic carbocycles. The molecule has 0 bridgehead atoms. The first-order chi connectivity index (χ1) is 8.11. The van der Waals surface area contributed by atoms with Crippen molar-refractivity contribution in [3.05, 3.63) is 11.9 Å². The smallest absolute Gasteiger partial charge is 0.312 e. The normalized spacial score (nSPS) is 9.94. The fraction of sp³-hybridized carbons (Fsp3) is 0.500. The van der Waals surface area contributed by atoms with Crippen LogP contribution in [0, 0.1) is 0 Å². The summed E-state index contributed by atoms with van der Waals surface area (Å²) in [5, 5.41) is 12.4. The Morgan fingerprint density at radius 2 is 2.06 bits per heavy atom. The van der Waals surface area contributed by atoms with Crippen LogP contribution in [0.15, 0.2) is 6.20 Å². The number of rotatable bonds is 6. The van der Waals surface area contributed by atoms with Gasteiger partial charge in [-0.1, -0.05) is 5.21 Å². The lowest BCUT2D eigenvalue weighted by Gasteiger charge is -2.04. The zero-order valence-corrected chi connectivity index (χ0v) is 9.22. The minimum atomic E-state index is -0.622. The standard InChI is InChI=1S/C8H15N7O2/c9-3-6-4-15(14-13-6)5-7(16)11-1-2-12-8(10)17/h4H,1-3,5,9H2,(H,11,16)(H3,10,12,17). The maximum Gasteiger partial charge on any atom is 0.312 e. The third-order valence-corrected chi connectivity index (χ3v) is 1.85. The van der Waals surface area contributed by atoms with Gasteiger partial charge in [0.15, 0.2) is 0 Å². The Hall–Kier alpha value is -2.16. The second-order valence-corrected chi connectivity index (χ2v) is 3.25. The molecule has 0 unspecified atom stereocenters. The van der Waals surface area contributed by atoms with Crippen LogP contribution < -0.4 is 22.1 Å². The predicted molar refractivity (Wildman–Crippen MR) is 58.5 cm³/mol. The van der Waals surface area contributed by atoms with Crippen LogP contribution in [0.2, 0.25) is 0 Å². The zero-order valence-electron chi connectivity index (χ0n) is 9.22. The van der Waals surface area contributed by atoms with Gasteiger partial charge in [-0.15, -0.1) is 5.10 Å². The molecule has 0 saturated heterocycles. The molecular formula is C8H15N7O2. The summed E-state index contributed by atoms with van der Waals surface area (Å²) in [4.78, 5) is 21.7. The quantitative estimate of drug-likeness (QED) is 0.408. The molecule has 6 N–H and O–H groups in total. The molecule has 17 heavy (non-hydrogen) atoms. The van der Waals surface area contributed by atoms with E-state index in [9.17, 15) is 9.59 Å². The van der Waals surface area contributed by atoms with Gasteiger partial charge in [-0.3, -0.25) is 4.79 Å². The molecule has 1 aromatic rings. The molecule has 0 atom stereocenters. The van der Waals surface area contributed by atoms with Crippen molar-refractivity contribution in [1.29, 1.82) is 0 Å². The Morgan fingerprint density at radius 1 is 1.35 bits per heavy atom. The molecule has 0 aromatic carbocycles. The predicted octanol–water partition coefficient (Wildman–Crippen LogP) is -2.48. The van der Waals surface area contributed by atoms with E-state index in [0.29, 0.717) is 12.2 Å². The van der Waals surface area contributed by atoms with Crippen molar-refractivity contribution in [1.82, 2.24) is 25.6 Å². The summed E-state index contributed by atoms with van der Waals surface area (Å²) in [5.41, 5.74) is 10.8. The van der Waals surface area contributed by atoms with Gasteiger partial charge in [0.1, 0.15) is 6.54 Å². The number of carbonyl (C=O) groups excluding carboxylic acids is 2. The molecule has 0 spiro atoms. The van der Waals surface area contributed by atoms with Crippen molar-refractivity contribution < 1.29 is 9.59 Å². The Labute approximate surface area is 97.5 Å². The van der Waals surface area contributed by atoms with Crippen molar-refractivity contribution in [3.63, 3.8) is 0 Å². The number of nitrogens with zero attached hydrogens (tertiary/aromatic N) is 3. The summed E-state index contributed by atoms with van der Waals surface area (Å²) in [5.74, 6) is -0.232. The molecule has 0 saturated carbocycles. The summed E-state index contributed by atoms with van der Waals surface area (Å²) in [7, 11) is 0. The van der Waals surface area contributed by atoms with E-state index in [1.54, 1.807) is 6.20 Å². The van der Waals surface area contributed by atoms with Crippen LogP contribution in [0.1, 0.15) is 5.69 Å². The van der Waals surface area contributed by atoms with Crippen LogP contribution in [-0.2, 0) is 17.9 Å². The van der Waals surface area contributed by atoms with Gasteiger partial charge < -0.3 is 22.1 Å². The number of nitrogens with one attached hydrogen (secondary N) is 2. The number of hydrogen-bond acceptors (Lipinski definition) is 5. The summed E-state index contributed by atoms with van der Waals surface area (Å²) >= 11 is 0. The highest BCUT2D eigenvalue weighted by molar-refractivity contribution is 5.75. The van der Waals surface area contributed by atoms with Crippen molar-refractivity contribution in [2.24, 2.45) is 11.5 Å². The molecule has 0 aliphatic heterocycles. The number of primary amides is 1. The van der Waals surface area contributed by atoms with Crippen LogP contribution in [0.3, 0.4) is 0 Å². The van der Waals surface area contributed by atoms with Crippen molar-refractivity contribution in [2.45, 2.75) is 13.1 Å². The first-order valence-electron chi connectivity index (χ1n) is 5.01. The van der Waals surface area contributed by atoms with Crippen LogP contribution in [0.5, 0.6) is 0 Å². The highest BCUT2D eigenvalue weighted by atomic mass is 16.2. The molecule has 0 radical (unpaired) electrons. The van der Waals surface area contributed by atoms with Crippen molar-refractivity contribution in [2.75, 3.05) is 13.1 Å². The molecule has 0 fully saturated rings. The number of urea groups is 1. The van der Waals surface area contributed by atoms with Crippen LogP contribution in [0.4, 0.5) is 4.79 Å². The van der Waals surface area contributed by atoms with Crippen molar-refractivity contribution in [3.8, 4) is 0 Å². The maximum atomic E-state index is 11.4. The van der Waals surface area contributed by atoms with E-state index in [4.69, 9.17) is 11.5 Å². The number of amides is 3. The maximum absolute atomic E-state index is 11.4. The third-order valence-electron chi connectivity index (χ3n) is 1.85. The van der Waals surface area contributed by atoms with E-state index in [2.05, 4.69) is 20.9 Å². The van der Waals surface area contributed by atoms with Gasteiger partial charge in [0.25, 0.3) is 0 Å². The van der Waals surface area contributed by atoms with Gasteiger partial charge in [0, 0.05) is 19.6 Å². The van der Waals surface area contributed by atoms with E-state index in [1.807, 2.05) is 0 Å². The summed E-state index contributed by atoms with van der Waals surface area (Å²) in [6, 6.07) is -0.622. The largest absolute Gasteiger partial charge is 0.353 e. The fourth-order valence-electron chi connectivity index (χ4n) is 1.10. The van der Waals surface area contributed by atoms with Gasteiger partial charge in [0.05, 0.1) is 11.9 Å². The Bertz CT molecular complexity index is 389. The molecule has 1 aromatic heterocycles. The summed E-state index contributed by atoms with van der Waals surface area (Å²) < 4.78 is 1.39. The van der Waals surface area contributed by atoms with E-state index in [0.717, 1.165) is 0 Å². The number of aromatic nitrogens is 3. The fourth-order valence-corrected chi connectivity index (χ4v) is 1.10. The molecule has 1 heterocycles. The highest BCUT2D eigenvalue weighted by Gasteiger charge is 2.04. The summed E-state index contributed by atoms with van der Waals surface area (Å²) in [6.07, 6.45) is 1.60. The Kier molecular flexibility index (Phi) is 4.88. The van der Waals surface area contributed by atoms with Gasteiger partial charge in [-0.2, -0.15) is 0 Å². The van der Waals surface area contributed by atoms with E-state index in [1.165, 1.54) is 4.68 Å². The second-order valence-electron chi connectivity index (χ2n) is 3.25. The van der Waals surface area contributed by atoms with Gasteiger partial charge in [-0.25, -0.2) is 9.48 Å². The molecule has 3 amide bonds. The molecule has 9 heteroatoms. The first-order valence-corrected chi connectivity index (χ1v) is 5.01. The minimum Gasteiger partial charge on any atom is -0.353 e. The average molecular weight is 241 g/mol. The van der Waals surface area contributed by atoms with Gasteiger partial charge >= 0.3 is 6.03 Å². The first kappa shape index (κ1) is 12.9. The van der Waals surface area contributed by atoms with E-state index < -0.39 is 6.03 Å². The molecule has 0 aliphatic rings. The second kappa shape index (κ2) is 6.43. The molecule has 9 nitrogen and oxygen atoms in total. The van der Waals surface area contributed by atoms with E-state index >= 15 is 0 Å². The lowest BCUT2D eigenvalue weighted by atomic mass is 10.5. The number of hydrogen-bond donors (Lipinski definition) is 4. The zero-order chi connectivity index (χ0) is 12.7. The van der Waals surface area contributed by atoms with Gasteiger partial charge in [0.2, 0.25) is 5.91 Å². The molecule has 1 rings (SSSR count). The lowest BCUT2D eigenvalue weighted by Crippen LogP contribution is -2.38. The van der Waals surface area contributed by atoms with Crippen molar-refractivity contribution >= 4 is 11.9 Å². The number of nitrogens with two attached hydrogens (primary N) is 2. The third kappa shape index (κ3) is 4.93. The lowest BCUT2D eigenvalue weighted by molar-refractivity contribution is -0.121. The average Bonchev–Trinajstić information content (AvgIpc) is 2.72. The number of carbonyl (C=O) groups is 2. The summed E-state index contributed by atoms with van der Waals surface area (Å²) in [6.45, 7) is 0.931. The van der Waals surface area contributed by atoms with Crippen LogP contribution in [0.25, 0.3) is 0 Å². The molecular weight excluding hydrogens is 226 g/mol. The Morgan fingerprint density at radius 3 is 2.65 bits per heavy atom. The topological polar surface area (TPSA) is 141 Å². The highest BCUT2D eigenvalue weighted by Crippen LogP contribution is 1.90. The monoisotopic (exact) mass is 241 g/mol. The van der Waals surface area contributed by atoms with Crippen LogP contribution in [-0.4, -0.2) is 40.0 Å². The van der Waals surface area contributed by atoms with E-state index in [-0.39, 0.29) is 25.5 Å². The molecule has 94 valence electrons.